The van der Waals surface area contributed by atoms with Gasteiger partial charge in [-0.05, 0) is 25.5 Å². The number of carbonyl (C=O) groups excluding carboxylic acids is 1. The molecule has 92 valence electrons. The van der Waals surface area contributed by atoms with Crippen LogP contribution in [0.1, 0.15) is 23.7 Å². The molecular weight excluding hydrogens is 218 g/mol. The molecule has 17 heavy (non-hydrogen) atoms. The van der Waals surface area contributed by atoms with Crippen LogP contribution in [0.3, 0.4) is 0 Å². The number of nitrogens with zero attached hydrogens (tertiary/aromatic N) is 1. The van der Waals surface area contributed by atoms with Crippen molar-refractivity contribution in [2.24, 2.45) is 0 Å². The minimum absolute atomic E-state index is 0.0866. The summed E-state index contributed by atoms with van der Waals surface area (Å²) in [5.41, 5.74) is 0.572. The number of hydrogen-bond acceptors (Lipinski definition) is 4. The standard InChI is InChI=1S/C12H17N3O2/c1-8-10(5-6-17-8)15-12(16)9-3-4-11(13-2)14-7-9/h3-4,7-8,10H,5-6H2,1-2H3,(H,13,14)(H,15,16). The maximum atomic E-state index is 11.9. The number of aromatic nitrogens is 1. The molecule has 2 N–H and O–H groups in total. The van der Waals surface area contributed by atoms with E-state index in [-0.39, 0.29) is 18.1 Å². The zero-order chi connectivity index (χ0) is 12.3. The quantitative estimate of drug-likeness (QED) is 0.821. The molecular formula is C12H17N3O2. The topological polar surface area (TPSA) is 63.2 Å². The summed E-state index contributed by atoms with van der Waals surface area (Å²) < 4.78 is 5.40. The lowest BCUT2D eigenvalue weighted by Crippen LogP contribution is -2.39. The summed E-state index contributed by atoms with van der Waals surface area (Å²) in [6.45, 7) is 2.68. The Morgan fingerprint density at radius 1 is 1.53 bits per heavy atom. The number of nitrogens with one attached hydrogen (secondary N) is 2. The number of carbonyl (C=O) groups is 1. The van der Waals surface area contributed by atoms with Crippen molar-refractivity contribution in [3.8, 4) is 0 Å². The number of amides is 1. The van der Waals surface area contributed by atoms with E-state index in [0.717, 1.165) is 12.2 Å². The first-order valence-electron chi connectivity index (χ1n) is 5.77. The van der Waals surface area contributed by atoms with Crippen LogP contribution in [0.2, 0.25) is 0 Å². The van der Waals surface area contributed by atoms with E-state index in [9.17, 15) is 4.79 Å². The van der Waals surface area contributed by atoms with Crippen LogP contribution in [-0.2, 0) is 4.74 Å². The SMILES string of the molecule is CNc1ccc(C(=O)NC2CCOC2C)cn1. The van der Waals surface area contributed by atoms with E-state index in [1.165, 1.54) is 0 Å². The van der Waals surface area contributed by atoms with Crippen molar-refractivity contribution in [2.75, 3.05) is 19.0 Å². The van der Waals surface area contributed by atoms with Gasteiger partial charge in [-0.3, -0.25) is 4.79 Å². The van der Waals surface area contributed by atoms with Crippen LogP contribution in [-0.4, -0.2) is 36.7 Å². The van der Waals surface area contributed by atoms with E-state index < -0.39 is 0 Å². The summed E-state index contributed by atoms with van der Waals surface area (Å²) in [5.74, 6) is 0.654. The van der Waals surface area contributed by atoms with Crippen molar-refractivity contribution in [1.29, 1.82) is 0 Å². The molecule has 0 radical (unpaired) electrons. The van der Waals surface area contributed by atoms with Gasteiger partial charge in [0.1, 0.15) is 5.82 Å². The van der Waals surface area contributed by atoms with Gasteiger partial charge in [-0.25, -0.2) is 4.98 Å². The molecule has 0 bridgehead atoms. The molecule has 1 amide bonds. The first-order valence-corrected chi connectivity index (χ1v) is 5.77. The third kappa shape index (κ3) is 2.74. The fourth-order valence-electron chi connectivity index (χ4n) is 1.85. The van der Waals surface area contributed by atoms with Gasteiger partial charge in [0.05, 0.1) is 17.7 Å². The van der Waals surface area contributed by atoms with E-state index in [4.69, 9.17) is 4.74 Å². The molecule has 1 aromatic rings. The maximum absolute atomic E-state index is 11.9. The second-order valence-corrected chi connectivity index (χ2v) is 4.13. The first-order chi connectivity index (χ1) is 8.20. The van der Waals surface area contributed by atoms with Crippen LogP contribution in [0.4, 0.5) is 5.82 Å². The molecule has 2 rings (SSSR count). The van der Waals surface area contributed by atoms with E-state index in [1.807, 2.05) is 6.92 Å². The normalized spacial score (nSPS) is 23.4. The molecule has 1 saturated heterocycles. The lowest BCUT2D eigenvalue weighted by molar-refractivity contribution is 0.0866. The van der Waals surface area contributed by atoms with E-state index in [0.29, 0.717) is 12.2 Å². The van der Waals surface area contributed by atoms with Crippen LogP contribution < -0.4 is 10.6 Å². The summed E-state index contributed by atoms with van der Waals surface area (Å²) in [7, 11) is 1.79. The molecule has 1 fully saturated rings. The van der Waals surface area contributed by atoms with Crippen molar-refractivity contribution in [1.82, 2.24) is 10.3 Å². The Morgan fingerprint density at radius 3 is 2.88 bits per heavy atom. The molecule has 5 nitrogen and oxygen atoms in total. The second kappa shape index (κ2) is 5.14. The molecule has 0 saturated carbocycles. The van der Waals surface area contributed by atoms with Gasteiger partial charge < -0.3 is 15.4 Å². The molecule has 1 aromatic heterocycles. The second-order valence-electron chi connectivity index (χ2n) is 4.13. The van der Waals surface area contributed by atoms with Gasteiger partial charge in [0.2, 0.25) is 0 Å². The minimum Gasteiger partial charge on any atom is -0.376 e. The third-order valence-electron chi connectivity index (χ3n) is 2.97. The van der Waals surface area contributed by atoms with Crippen molar-refractivity contribution in [3.63, 3.8) is 0 Å². The largest absolute Gasteiger partial charge is 0.376 e. The van der Waals surface area contributed by atoms with Crippen molar-refractivity contribution in [3.05, 3.63) is 23.9 Å². The highest BCUT2D eigenvalue weighted by Crippen LogP contribution is 2.13. The van der Waals surface area contributed by atoms with Crippen LogP contribution >= 0.6 is 0 Å². The smallest absolute Gasteiger partial charge is 0.253 e. The van der Waals surface area contributed by atoms with Gasteiger partial charge in [0.15, 0.2) is 0 Å². The molecule has 0 aromatic carbocycles. The Labute approximate surface area is 101 Å². The summed E-state index contributed by atoms with van der Waals surface area (Å²) >= 11 is 0. The molecule has 2 unspecified atom stereocenters. The minimum atomic E-state index is -0.0949. The predicted octanol–water partition coefficient (Wildman–Crippen LogP) is 1.03. The third-order valence-corrected chi connectivity index (χ3v) is 2.97. The highest BCUT2D eigenvalue weighted by Gasteiger charge is 2.25. The molecule has 1 aliphatic rings. The summed E-state index contributed by atoms with van der Waals surface area (Å²) in [6.07, 6.45) is 2.53. The van der Waals surface area contributed by atoms with Gasteiger partial charge in [-0.1, -0.05) is 0 Å². The number of hydrogen-bond donors (Lipinski definition) is 2. The number of pyridine rings is 1. The monoisotopic (exact) mass is 235 g/mol. The summed E-state index contributed by atoms with van der Waals surface area (Å²) in [6, 6.07) is 3.64. The van der Waals surface area contributed by atoms with Gasteiger partial charge in [-0.2, -0.15) is 0 Å². The molecule has 2 heterocycles. The Bertz CT molecular complexity index is 391. The van der Waals surface area contributed by atoms with Gasteiger partial charge in [0, 0.05) is 19.9 Å². The van der Waals surface area contributed by atoms with E-state index in [2.05, 4.69) is 15.6 Å². The molecule has 5 heteroatoms. The van der Waals surface area contributed by atoms with Crippen LogP contribution in [0, 0.1) is 0 Å². The molecule has 1 aliphatic heterocycles. The Balaban J connectivity index is 1.99. The van der Waals surface area contributed by atoms with Crippen molar-refractivity contribution < 1.29 is 9.53 Å². The highest BCUT2D eigenvalue weighted by atomic mass is 16.5. The van der Waals surface area contributed by atoms with Gasteiger partial charge in [-0.15, -0.1) is 0 Å². The predicted molar refractivity (Wildman–Crippen MR) is 65.1 cm³/mol. The fraction of sp³-hybridized carbons (Fsp3) is 0.500. The summed E-state index contributed by atoms with van der Waals surface area (Å²) in [5, 5.41) is 5.87. The van der Waals surface area contributed by atoms with Crippen LogP contribution in [0.15, 0.2) is 18.3 Å². The van der Waals surface area contributed by atoms with Gasteiger partial charge >= 0.3 is 0 Å². The zero-order valence-electron chi connectivity index (χ0n) is 10.1. The number of anilines is 1. The lowest BCUT2D eigenvalue weighted by atomic mass is 10.1. The van der Waals surface area contributed by atoms with Gasteiger partial charge in [0.25, 0.3) is 5.91 Å². The molecule has 2 atom stereocenters. The average molecular weight is 235 g/mol. The van der Waals surface area contributed by atoms with Crippen molar-refractivity contribution in [2.45, 2.75) is 25.5 Å². The fourth-order valence-corrected chi connectivity index (χ4v) is 1.85. The van der Waals surface area contributed by atoms with E-state index >= 15 is 0 Å². The van der Waals surface area contributed by atoms with Crippen LogP contribution in [0.5, 0.6) is 0 Å². The Hall–Kier alpha value is -1.62. The molecule has 0 aliphatic carbocycles. The van der Waals surface area contributed by atoms with Crippen molar-refractivity contribution >= 4 is 11.7 Å². The average Bonchev–Trinajstić information content (AvgIpc) is 2.75. The zero-order valence-corrected chi connectivity index (χ0v) is 10.1. The first kappa shape index (κ1) is 11.9. The maximum Gasteiger partial charge on any atom is 0.253 e. The Morgan fingerprint density at radius 2 is 2.35 bits per heavy atom. The lowest BCUT2D eigenvalue weighted by Gasteiger charge is -2.15. The molecule has 0 spiro atoms. The Kier molecular flexibility index (Phi) is 3.58. The summed E-state index contributed by atoms with van der Waals surface area (Å²) in [4.78, 5) is 16.0. The van der Waals surface area contributed by atoms with E-state index in [1.54, 1.807) is 25.4 Å². The highest BCUT2D eigenvalue weighted by molar-refractivity contribution is 5.94. The number of rotatable bonds is 3. The van der Waals surface area contributed by atoms with Crippen LogP contribution in [0.25, 0.3) is 0 Å². The number of ether oxygens (including phenoxy) is 1.